The van der Waals surface area contributed by atoms with Crippen molar-refractivity contribution < 1.29 is 29.0 Å². The van der Waals surface area contributed by atoms with Crippen LogP contribution in [0.25, 0.3) is 10.8 Å². The molecule has 4 amide bonds. The Labute approximate surface area is 198 Å². The third-order valence-electron chi connectivity index (χ3n) is 4.82. The zero-order chi connectivity index (χ0) is 25.3. The van der Waals surface area contributed by atoms with E-state index in [9.17, 15) is 19.2 Å². The SMILES string of the molecule is COCC(NC(=O)C(CC(=O)NC(C)(C)C)NC(=O)O)C(=O)NCc1cccc2ccccc12. The first-order valence-corrected chi connectivity index (χ1v) is 10.8. The molecule has 0 spiro atoms. The molecule has 2 aromatic rings. The maximum Gasteiger partial charge on any atom is 0.405 e. The normalized spacial score (nSPS) is 12.9. The summed E-state index contributed by atoms with van der Waals surface area (Å²) in [6, 6.07) is 11.1. The van der Waals surface area contributed by atoms with Crippen LogP contribution in [0.4, 0.5) is 4.79 Å². The summed E-state index contributed by atoms with van der Waals surface area (Å²) in [6.45, 7) is 5.38. The van der Waals surface area contributed by atoms with Gasteiger partial charge in [-0.25, -0.2) is 4.79 Å². The second-order valence-electron chi connectivity index (χ2n) is 8.88. The summed E-state index contributed by atoms with van der Waals surface area (Å²) in [7, 11) is 1.38. The van der Waals surface area contributed by atoms with E-state index in [4.69, 9.17) is 9.84 Å². The Bertz CT molecular complexity index is 1030. The van der Waals surface area contributed by atoms with E-state index in [1.54, 1.807) is 20.8 Å². The molecule has 0 heterocycles. The third-order valence-corrected chi connectivity index (χ3v) is 4.82. The first-order chi connectivity index (χ1) is 16.0. The topological polar surface area (TPSA) is 146 Å². The zero-order valence-corrected chi connectivity index (χ0v) is 19.8. The summed E-state index contributed by atoms with van der Waals surface area (Å²) in [5.74, 6) is -1.82. The number of carbonyl (C=O) groups excluding carboxylic acids is 3. The number of carboxylic acid groups (broad SMARTS) is 1. The number of fused-ring (bicyclic) bond motifs is 1. The predicted molar refractivity (Wildman–Crippen MR) is 127 cm³/mol. The first kappa shape index (κ1) is 26.6. The van der Waals surface area contributed by atoms with Gasteiger partial charge in [0.1, 0.15) is 12.1 Å². The van der Waals surface area contributed by atoms with Crippen LogP contribution in [-0.4, -0.2) is 60.3 Å². The van der Waals surface area contributed by atoms with Crippen molar-refractivity contribution in [2.75, 3.05) is 13.7 Å². The highest BCUT2D eigenvalue weighted by atomic mass is 16.5. The van der Waals surface area contributed by atoms with Crippen molar-refractivity contribution in [2.45, 2.75) is 51.4 Å². The van der Waals surface area contributed by atoms with E-state index in [1.807, 2.05) is 47.8 Å². The molecule has 10 heteroatoms. The molecule has 0 saturated heterocycles. The highest BCUT2D eigenvalue weighted by Gasteiger charge is 2.29. The number of ether oxygens (including phenoxy) is 1. The molecule has 0 aromatic heterocycles. The number of benzene rings is 2. The Morgan fingerprint density at radius 2 is 1.62 bits per heavy atom. The van der Waals surface area contributed by atoms with Gasteiger partial charge in [0.15, 0.2) is 0 Å². The Kier molecular flexibility index (Phi) is 9.37. The van der Waals surface area contributed by atoms with Crippen LogP contribution in [0.5, 0.6) is 0 Å². The lowest BCUT2D eigenvalue weighted by Gasteiger charge is -2.24. The fourth-order valence-corrected chi connectivity index (χ4v) is 3.39. The molecule has 34 heavy (non-hydrogen) atoms. The summed E-state index contributed by atoms with van der Waals surface area (Å²) in [4.78, 5) is 49.0. The number of amides is 4. The summed E-state index contributed by atoms with van der Waals surface area (Å²) in [5, 5.41) is 21.1. The molecular formula is C24H32N4O6. The van der Waals surface area contributed by atoms with Crippen LogP contribution >= 0.6 is 0 Å². The molecule has 10 nitrogen and oxygen atoms in total. The van der Waals surface area contributed by atoms with Crippen LogP contribution in [0.2, 0.25) is 0 Å². The molecule has 2 aromatic carbocycles. The van der Waals surface area contributed by atoms with Crippen LogP contribution in [0.1, 0.15) is 32.8 Å². The van der Waals surface area contributed by atoms with Gasteiger partial charge in [-0.1, -0.05) is 42.5 Å². The molecule has 5 N–H and O–H groups in total. The Morgan fingerprint density at radius 3 is 2.26 bits per heavy atom. The molecule has 184 valence electrons. The number of hydrogen-bond donors (Lipinski definition) is 5. The minimum absolute atomic E-state index is 0.138. The van der Waals surface area contributed by atoms with E-state index < -0.39 is 47.9 Å². The molecule has 0 radical (unpaired) electrons. The van der Waals surface area contributed by atoms with E-state index in [1.165, 1.54) is 7.11 Å². The molecule has 0 aliphatic heterocycles. The average Bonchev–Trinajstić information content (AvgIpc) is 2.75. The zero-order valence-electron chi connectivity index (χ0n) is 19.8. The van der Waals surface area contributed by atoms with Crippen molar-refractivity contribution in [3.8, 4) is 0 Å². The monoisotopic (exact) mass is 472 g/mol. The molecule has 0 aliphatic carbocycles. The lowest BCUT2D eigenvalue weighted by Crippen LogP contribution is -2.56. The highest BCUT2D eigenvalue weighted by molar-refractivity contribution is 5.94. The van der Waals surface area contributed by atoms with Gasteiger partial charge in [0.2, 0.25) is 17.7 Å². The smallest absolute Gasteiger partial charge is 0.405 e. The van der Waals surface area contributed by atoms with Gasteiger partial charge < -0.3 is 31.1 Å². The molecule has 0 bridgehead atoms. The standard InChI is InChI=1S/C24H32N4O6/c1-24(2,3)28-20(29)12-18(27-23(32)33)22(31)26-19(14-34-4)21(30)25-13-16-10-7-9-15-8-5-6-11-17(15)16/h5-11,18-19,27H,12-14H2,1-4H3,(H,25,30)(H,26,31)(H,28,29)(H,32,33). The lowest BCUT2D eigenvalue weighted by atomic mass is 10.0. The van der Waals surface area contributed by atoms with Crippen LogP contribution in [0, 0.1) is 0 Å². The van der Waals surface area contributed by atoms with E-state index in [0.29, 0.717) is 0 Å². The molecule has 2 unspecified atom stereocenters. The van der Waals surface area contributed by atoms with E-state index >= 15 is 0 Å². The van der Waals surface area contributed by atoms with Gasteiger partial charge in [0.25, 0.3) is 0 Å². The minimum Gasteiger partial charge on any atom is -0.465 e. The molecule has 2 atom stereocenters. The summed E-state index contributed by atoms with van der Waals surface area (Å²) in [6.07, 6.45) is -1.89. The van der Waals surface area contributed by atoms with E-state index in [-0.39, 0.29) is 13.2 Å². The van der Waals surface area contributed by atoms with Gasteiger partial charge in [-0.3, -0.25) is 14.4 Å². The summed E-state index contributed by atoms with van der Waals surface area (Å²) >= 11 is 0. The van der Waals surface area contributed by atoms with Crippen molar-refractivity contribution in [3.63, 3.8) is 0 Å². The van der Waals surface area contributed by atoms with Gasteiger partial charge in [-0.05, 0) is 37.1 Å². The van der Waals surface area contributed by atoms with Gasteiger partial charge in [0, 0.05) is 19.2 Å². The van der Waals surface area contributed by atoms with Crippen molar-refractivity contribution in [3.05, 3.63) is 48.0 Å². The fourth-order valence-electron chi connectivity index (χ4n) is 3.39. The Morgan fingerprint density at radius 1 is 0.941 bits per heavy atom. The minimum atomic E-state index is -1.47. The van der Waals surface area contributed by atoms with Gasteiger partial charge in [-0.2, -0.15) is 0 Å². The highest BCUT2D eigenvalue weighted by Crippen LogP contribution is 2.18. The Balaban J connectivity index is 2.07. The van der Waals surface area contributed by atoms with Crippen LogP contribution in [0.15, 0.2) is 42.5 Å². The predicted octanol–water partition coefficient (Wildman–Crippen LogP) is 1.53. The first-order valence-electron chi connectivity index (χ1n) is 10.8. The van der Waals surface area contributed by atoms with E-state index in [2.05, 4.69) is 16.0 Å². The maximum atomic E-state index is 12.8. The van der Waals surface area contributed by atoms with Crippen LogP contribution in [0.3, 0.4) is 0 Å². The van der Waals surface area contributed by atoms with Gasteiger partial charge >= 0.3 is 6.09 Å². The van der Waals surface area contributed by atoms with Crippen molar-refractivity contribution >= 4 is 34.6 Å². The molecule has 0 aliphatic rings. The van der Waals surface area contributed by atoms with E-state index in [0.717, 1.165) is 16.3 Å². The number of nitrogens with one attached hydrogen (secondary N) is 4. The molecular weight excluding hydrogens is 440 g/mol. The fraction of sp³-hybridized carbons (Fsp3) is 0.417. The second kappa shape index (κ2) is 12.0. The van der Waals surface area contributed by atoms with Gasteiger partial charge in [0.05, 0.1) is 13.0 Å². The number of methoxy groups -OCH3 is 1. The average molecular weight is 473 g/mol. The Hall–Kier alpha value is -3.66. The quantitative estimate of drug-likeness (QED) is 0.354. The van der Waals surface area contributed by atoms with Crippen LogP contribution in [-0.2, 0) is 25.7 Å². The number of rotatable bonds is 10. The third kappa shape index (κ3) is 8.36. The molecule has 2 rings (SSSR count). The van der Waals surface area contributed by atoms with Crippen molar-refractivity contribution in [1.82, 2.24) is 21.3 Å². The molecule has 0 fully saturated rings. The summed E-state index contributed by atoms with van der Waals surface area (Å²) < 4.78 is 5.06. The maximum absolute atomic E-state index is 12.8. The largest absolute Gasteiger partial charge is 0.465 e. The number of carbonyl (C=O) groups is 4. The lowest BCUT2D eigenvalue weighted by molar-refractivity contribution is -0.132. The second-order valence-corrected chi connectivity index (χ2v) is 8.88. The van der Waals surface area contributed by atoms with Crippen molar-refractivity contribution in [1.29, 1.82) is 0 Å². The summed E-state index contributed by atoms with van der Waals surface area (Å²) in [5.41, 5.74) is 0.347. The van der Waals surface area contributed by atoms with Crippen LogP contribution < -0.4 is 21.3 Å². The van der Waals surface area contributed by atoms with Crippen molar-refractivity contribution in [2.24, 2.45) is 0 Å². The van der Waals surface area contributed by atoms with Gasteiger partial charge in [-0.15, -0.1) is 0 Å². The molecule has 0 saturated carbocycles. The number of hydrogen-bond acceptors (Lipinski definition) is 5.